The zero-order valence-corrected chi connectivity index (χ0v) is 10.3. The van der Waals surface area contributed by atoms with Crippen LogP contribution in [0.5, 0.6) is 0 Å². The summed E-state index contributed by atoms with van der Waals surface area (Å²) in [5, 5.41) is 9.30. The van der Waals surface area contributed by atoms with E-state index in [0.29, 0.717) is 6.61 Å². The first-order chi connectivity index (χ1) is 7.35. The molecular formula is C12H20O4. The number of hydrogen-bond acceptors (Lipinski definition) is 4. The van der Waals surface area contributed by atoms with Crippen LogP contribution in [0.1, 0.15) is 27.7 Å². The van der Waals surface area contributed by atoms with E-state index in [1.807, 2.05) is 26.8 Å². The van der Waals surface area contributed by atoms with Gasteiger partial charge in [0.2, 0.25) is 0 Å². The lowest BCUT2D eigenvalue weighted by molar-refractivity contribution is -0.155. The molecule has 2 rings (SSSR count). The minimum atomic E-state index is -0.589. The van der Waals surface area contributed by atoms with Crippen molar-refractivity contribution in [2.24, 2.45) is 0 Å². The number of aliphatic hydroxyl groups excluding tert-OH is 1. The number of epoxide rings is 1. The van der Waals surface area contributed by atoms with Gasteiger partial charge in [-0.15, -0.1) is 0 Å². The molecule has 2 aliphatic rings. The van der Waals surface area contributed by atoms with Crippen molar-refractivity contribution < 1.29 is 19.3 Å². The van der Waals surface area contributed by atoms with Crippen molar-refractivity contribution in [3.63, 3.8) is 0 Å². The lowest BCUT2D eigenvalue weighted by Gasteiger charge is -2.24. The van der Waals surface area contributed by atoms with Crippen molar-refractivity contribution in [3.8, 4) is 0 Å². The Morgan fingerprint density at radius 3 is 2.44 bits per heavy atom. The van der Waals surface area contributed by atoms with Gasteiger partial charge in [0, 0.05) is 0 Å². The maximum atomic E-state index is 9.30. The highest BCUT2D eigenvalue weighted by Crippen LogP contribution is 2.43. The molecule has 4 nitrogen and oxygen atoms in total. The van der Waals surface area contributed by atoms with Gasteiger partial charge < -0.3 is 19.3 Å². The topological polar surface area (TPSA) is 51.2 Å². The van der Waals surface area contributed by atoms with Gasteiger partial charge in [0.25, 0.3) is 0 Å². The Morgan fingerprint density at radius 2 is 2.06 bits per heavy atom. The van der Waals surface area contributed by atoms with Crippen LogP contribution < -0.4 is 0 Å². The van der Waals surface area contributed by atoms with Crippen LogP contribution in [0.2, 0.25) is 0 Å². The first-order valence-corrected chi connectivity index (χ1v) is 5.72. The lowest BCUT2D eigenvalue weighted by Crippen LogP contribution is -2.39. The average Bonchev–Trinajstić information content (AvgIpc) is 2.80. The summed E-state index contributed by atoms with van der Waals surface area (Å²) in [6.45, 7) is 7.97. The highest BCUT2D eigenvalue weighted by Gasteiger charge is 2.58. The number of rotatable bonds is 3. The highest BCUT2D eigenvalue weighted by molar-refractivity contribution is 5.16. The second kappa shape index (κ2) is 3.81. The molecule has 2 heterocycles. The summed E-state index contributed by atoms with van der Waals surface area (Å²) in [6, 6.07) is 0. The summed E-state index contributed by atoms with van der Waals surface area (Å²) in [5.74, 6) is -0.589. The lowest BCUT2D eigenvalue weighted by atomic mass is 9.97. The van der Waals surface area contributed by atoms with Crippen LogP contribution in [0.15, 0.2) is 12.2 Å². The summed E-state index contributed by atoms with van der Waals surface area (Å²) < 4.78 is 17.0. The van der Waals surface area contributed by atoms with Gasteiger partial charge in [-0.1, -0.05) is 6.08 Å². The summed E-state index contributed by atoms with van der Waals surface area (Å²) in [5.41, 5.74) is -0.542. The molecule has 0 radical (unpaired) electrons. The van der Waals surface area contributed by atoms with Gasteiger partial charge in [-0.2, -0.15) is 0 Å². The predicted octanol–water partition coefficient (Wildman–Crippen LogP) is 1.23. The standard InChI is InChI=1S/C12H20O4/c1-8(13)5-6-12(10-9(2)15-10)7-14-11(3,4)16-12/h5-6,8-10,13H,7H2,1-4H3/b6-5+/t8-,9-,10+,12+/m0/s1. The molecule has 4 atom stereocenters. The van der Waals surface area contributed by atoms with E-state index in [1.165, 1.54) is 0 Å². The zero-order chi connectivity index (χ0) is 12.0. The van der Waals surface area contributed by atoms with Crippen LogP contribution in [-0.4, -0.2) is 41.4 Å². The van der Waals surface area contributed by atoms with E-state index in [2.05, 4.69) is 0 Å². The van der Waals surface area contributed by atoms with E-state index < -0.39 is 17.5 Å². The molecule has 0 bridgehead atoms. The molecule has 0 aromatic heterocycles. The summed E-state index contributed by atoms with van der Waals surface area (Å²) in [6.07, 6.45) is 3.33. The third-order valence-corrected chi connectivity index (χ3v) is 2.93. The molecule has 92 valence electrons. The molecule has 2 aliphatic heterocycles. The quantitative estimate of drug-likeness (QED) is 0.583. The maximum Gasteiger partial charge on any atom is 0.164 e. The van der Waals surface area contributed by atoms with Gasteiger partial charge in [0.05, 0.1) is 18.8 Å². The molecule has 0 unspecified atom stereocenters. The van der Waals surface area contributed by atoms with Crippen LogP contribution in [-0.2, 0) is 14.2 Å². The molecule has 0 saturated carbocycles. The Morgan fingerprint density at radius 1 is 1.44 bits per heavy atom. The zero-order valence-electron chi connectivity index (χ0n) is 10.3. The van der Waals surface area contributed by atoms with Gasteiger partial charge in [-0.05, 0) is 33.8 Å². The van der Waals surface area contributed by atoms with Crippen molar-refractivity contribution >= 4 is 0 Å². The highest BCUT2D eigenvalue weighted by atomic mass is 16.8. The first-order valence-electron chi connectivity index (χ1n) is 5.72. The van der Waals surface area contributed by atoms with Crippen molar-refractivity contribution in [1.29, 1.82) is 0 Å². The molecule has 0 amide bonds. The normalized spacial score (nSPS) is 43.8. The van der Waals surface area contributed by atoms with E-state index in [0.717, 1.165) is 0 Å². The van der Waals surface area contributed by atoms with Crippen molar-refractivity contribution in [2.45, 2.75) is 57.4 Å². The Balaban J connectivity index is 2.15. The Bertz CT molecular complexity index is 297. The van der Waals surface area contributed by atoms with E-state index in [9.17, 15) is 5.11 Å². The van der Waals surface area contributed by atoms with Gasteiger partial charge in [-0.25, -0.2) is 0 Å². The summed E-state index contributed by atoms with van der Waals surface area (Å²) in [7, 11) is 0. The summed E-state index contributed by atoms with van der Waals surface area (Å²) >= 11 is 0. The van der Waals surface area contributed by atoms with Gasteiger partial charge >= 0.3 is 0 Å². The van der Waals surface area contributed by atoms with Crippen molar-refractivity contribution in [1.82, 2.24) is 0 Å². The second-order valence-corrected chi connectivity index (χ2v) is 5.11. The Hall–Kier alpha value is -0.420. The Labute approximate surface area is 96.2 Å². The van der Waals surface area contributed by atoms with Crippen molar-refractivity contribution in [2.75, 3.05) is 6.61 Å². The SMILES string of the molecule is C[C@H](O)/C=C/[C@]1([C@@H]2O[C@H]2C)COC(C)(C)O1. The number of aliphatic hydroxyl groups is 1. The number of ether oxygens (including phenoxy) is 3. The maximum absolute atomic E-state index is 9.30. The number of hydrogen-bond donors (Lipinski definition) is 1. The third kappa shape index (κ3) is 2.30. The van der Waals surface area contributed by atoms with Crippen LogP contribution in [0.25, 0.3) is 0 Å². The van der Waals surface area contributed by atoms with E-state index in [-0.39, 0.29) is 12.2 Å². The fourth-order valence-electron chi connectivity index (χ4n) is 2.12. The smallest absolute Gasteiger partial charge is 0.164 e. The van der Waals surface area contributed by atoms with Gasteiger partial charge in [-0.3, -0.25) is 0 Å². The minimum Gasteiger partial charge on any atom is -0.389 e. The van der Waals surface area contributed by atoms with Crippen LogP contribution in [0.4, 0.5) is 0 Å². The van der Waals surface area contributed by atoms with Crippen LogP contribution in [0.3, 0.4) is 0 Å². The monoisotopic (exact) mass is 228 g/mol. The van der Waals surface area contributed by atoms with Crippen molar-refractivity contribution in [3.05, 3.63) is 12.2 Å². The molecule has 4 heteroatoms. The molecule has 0 aromatic rings. The molecule has 0 aromatic carbocycles. The molecule has 0 aliphatic carbocycles. The summed E-state index contributed by atoms with van der Waals surface area (Å²) in [4.78, 5) is 0. The molecule has 16 heavy (non-hydrogen) atoms. The Kier molecular flexibility index (Phi) is 2.87. The predicted molar refractivity (Wildman–Crippen MR) is 59.0 cm³/mol. The third-order valence-electron chi connectivity index (χ3n) is 2.93. The van der Waals surface area contributed by atoms with E-state index >= 15 is 0 Å². The van der Waals surface area contributed by atoms with Crippen LogP contribution in [0, 0.1) is 0 Å². The van der Waals surface area contributed by atoms with Gasteiger partial charge in [0.1, 0.15) is 11.7 Å². The fraction of sp³-hybridized carbons (Fsp3) is 0.833. The first kappa shape index (κ1) is 12.0. The van der Waals surface area contributed by atoms with E-state index in [4.69, 9.17) is 14.2 Å². The largest absolute Gasteiger partial charge is 0.389 e. The molecule has 2 saturated heterocycles. The fourth-order valence-corrected chi connectivity index (χ4v) is 2.12. The molecule has 0 spiro atoms. The molecule has 1 N–H and O–H groups in total. The molecular weight excluding hydrogens is 208 g/mol. The average molecular weight is 228 g/mol. The molecule has 2 fully saturated rings. The van der Waals surface area contributed by atoms with Gasteiger partial charge in [0.15, 0.2) is 5.79 Å². The minimum absolute atomic E-state index is 0.0317. The second-order valence-electron chi connectivity index (χ2n) is 5.11. The van der Waals surface area contributed by atoms with Crippen LogP contribution >= 0.6 is 0 Å². The van der Waals surface area contributed by atoms with E-state index in [1.54, 1.807) is 13.0 Å².